The molecule has 0 radical (unpaired) electrons. The molecule has 0 spiro atoms. The van der Waals surface area contributed by atoms with Crippen molar-refractivity contribution in [2.45, 2.75) is 0 Å². The fourth-order valence-corrected chi connectivity index (χ4v) is 2.21. The highest BCUT2D eigenvalue weighted by molar-refractivity contribution is 6.45. The monoisotopic (exact) mass is 301 g/mol. The Bertz CT molecular complexity index is 629. The lowest BCUT2D eigenvalue weighted by atomic mass is 10.1. The third kappa shape index (κ3) is 2.43. The van der Waals surface area contributed by atoms with Gasteiger partial charge in [-0.15, -0.1) is 0 Å². The molecule has 2 rings (SSSR count). The van der Waals surface area contributed by atoms with Crippen LogP contribution < -0.4 is 0 Å². The average Bonchev–Trinajstić information content (AvgIpc) is 2.33. The van der Waals surface area contributed by atoms with Gasteiger partial charge in [-0.1, -0.05) is 34.8 Å². The summed E-state index contributed by atoms with van der Waals surface area (Å²) in [5.74, 6) is -1.09. The van der Waals surface area contributed by atoms with E-state index in [4.69, 9.17) is 39.9 Å². The number of carbonyl (C=O) groups is 1. The minimum atomic E-state index is -1.09. The van der Waals surface area contributed by atoms with Crippen molar-refractivity contribution < 1.29 is 9.90 Å². The van der Waals surface area contributed by atoms with Gasteiger partial charge in [0.15, 0.2) is 0 Å². The first kappa shape index (κ1) is 13.1. The summed E-state index contributed by atoms with van der Waals surface area (Å²) in [4.78, 5) is 15.2. The number of carboxylic acid groups (broad SMARTS) is 1. The number of aromatic carboxylic acids is 1. The summed E-state index contributed by atoms with van der Waals surface area (Å²) in [6, 6.07) is 5.99. The van der Waals surface area contributed by atoms with Gasteiger partial charge in [-0.3, -0.25) is 4.98 Å². The normalized spacial score (nSPS) is 10.4. The number of pyridine rings is 1. The highest BCUT2D eigenvalue weighted by Gasteiger charge is 2.17. The van der Waals surface area contributed by atoms with Crippen molar-refractivity contribution in [1.29, 1.82) is 0 Å². The van der Waals surface area contributed by atoms with Gasteiger partial charge in [0.25, 0.3) is 0 Å². The Labute approximate surface area is 118 Å². The van der Waals surface area contributed by atoms with Crippen LogP contribution in [0.4, 0.5) is 0 Å². The minimum Gasteiger partial charge on any atom is -0.478 e. The molecule has 0 atom stereocenters. The van der Waals surface area contributed by atoms with E-state index in [-0.39, 0.29) is 21.3 Å². The molecular formula is C12H6Cl3NO2. The predicted molar refractivity (Wildman–Crippen MR) is 71.7 cm³/mol. The fraction of sp³-hybridized carbons (Fsp3) is 0. The van der Waals surface area contributed by atoms with Gasteiger partial charge in [-0.05, 0) is 24.3 Å². The van der Waals surface area contributed by atoms with E-state index in [0.29, 0.717) is 10.6 Å². The number of hydrogen-bond acceptors (Lipinski definition) is 2. The summed E-state index contributed by atoms with van der Waals surface area (Å²) >= 11 is 17.8. The first-order valence-electron chi connectivity index (χ1n) is 4.84. The van der Waals surface area contributed by atoms with Gasteiger partial charge in [0, 0.05) is 16.8 Å². The van der Waals surface area contributed by atoms with Gasteiger partial charge < -0.3 is 5.11 Å². The maximum atomic E-state index is 11.1. The number of carboxylic acids is 1. The maximum absolute atomic E-state index is 11.1. The smallest absolute Gasteiger partial charge is 0.337 e. The molecule has 2 aromatic rings. The molecule has 92 valence electrons. The molecule has 0 saturated carbocycles. The van der Waals surface area contributed by atoms with Crippen LogP contribution in [0.1, 0.15) is 10.4 Å². The summed E-state index contributed by atoms with van der Waals surface area (Å²) < 4.78 is 0. The molecule has 1 aromatic carbocycles. The van der Waals surface area contributed by atoms with Crippen LogP contribution in [-0.4, -0.2) is 16.1 Å². The fourth-order valence-electron chi connectivity index (χ4n) is 1.52. The zero-order valence-electron chi connectivity index (χ0n) is 8.82. The molecule has 1 aromatic heterocycles. The number of nitrogens with zero attached hydrogens (tertiary/aromatic N) is 1. The van der Waals surface area contributed by atoms with Crippen molar-refractivity contribution in [3.8, 4) is 11.3 Å². The van der Waals surface area contributed by atoms with Gasteiger partial charge in [0.05, 0.1) is 21.3 Å². The standard InChI is InChI=1S/C12H6Cl3NO2/c13-6-4-8(10(15)9(14)5-6)11-7(12(17)18)2-1-3-16-11/h1-5H,(H,17,18). The van der Waals surface area contributed by atoms with E-state index in [9.17, 15) is 4.79 Å². The van der Waals surface area contributed by atoms with Crippen molar-refractivity contribution in [2.75, 3.05) is 0 Å². The van der Waals surface area contributed by atoms with Crippen LogP contribution in [0.25, 0.3) is 11.3 Å². The molecule has 0 unspecified atom stereocenters. The van der Waals surface area contributed by atoms with E-state index < -0.39 is 5.97 Å². The molecule has 0 aliphatic heterocycles. The lowest BCUT2D eigenvalue weighted by Gasteiger charge is -2.08. The van der Waals surface area contributed by atoms with Crippen molar-refractivity contribution >= 4 is 40.8 Å². The number of halogens is 3. The van der Waals surface area contributed by atoms with Gasteiger partial charge in [-0.2, -0.15) is 0 Å². The summed E-state index contributed by atoms with van der Waals surface area (Å²) in [6.07, 6.45) is 1.48. The number of hydrogen-bond donors (Lipinski definition) is 1. The SMILES string of the molecule is O=C(O)c1cccnc1-c1cc(Cl)cc(Cl)c1Cl. The second kappa shape index (κ2) is 5.14. The van der Waals surface area contributed by atoms with Crippen LogP contribution in [0.2, 0.25) is 15.1 Å². The Hall–Kier alpha value is -1.29. The van der Waals surface area contributed by atoms with Gasteiger partial charge in [-0.25, -0.2) is 4.79 Å². The van der Waals surface area contributed by atoms with E-state index in [1.165, 1.54) is 30.5 Å². The number of benzene rings is 1. The first-order valence-corrected chi connectivity index (χ1v) is 5.97. The molecular weight excluding hydrogens is 296 g/mol. The predicted octanol–water partition coefficient (Wildman–Crippen LogP) is 4.41. The molecule has 0 aliphatic carbocycles. The van der Waals surface area contributed by atoms with Crippen LogP contribution in [0.15, 0.2) is 30.5 Å². The quantitative estimate of drug-likeness (QED) is 0.836. The Balaban J connectivity index is 2.73. The van der Waals surface area contributed by atoms with Crippen LogP contribution >= 0.6 is 34.8 Å². The number of rotatable bonds is 2. The molecule has 18 heavy (non-hydrogen) atoms. The zero-order valence-corrected chi connectivity index (χ0v) is 11.1. The lowest BCUT2D eigenvalue weighted by molar-refractivity contribution is 0.0697. The Morgan fingerprint density at radius 3 is 2.61 bits per heavy atom. The van der Waals surface area contributed by atoms with Crippen molar-refractivity contribution in [2.24, 2.45) is 0 Å². The third-order valence-electron chi connectivity index (χ3n) is 2.29. The summed E-state index contributed by atoms with van der Waals surface area (Å²) in [6.45, 7) is 0. The Kier molecular flexibility index (Phi) is 3.76. The van der Waals surface area contributed by atoms with E-state index in [1.807, 2.05) is 0 Å². The third-order valence-corrected chi connectivity index (χ3v) is 3.31. The van der Waals surface area contributed by atoms with Crippen molar-refractivity contribution in [3.63, 3.8) is 0 Å². The Morgan fingerprint density at radius 2 is 1.94 bits per heavy atom. The minimum absolute atomic E-state index is 0.0396. The van der Waals surface area contributed by atoms with Gasteiger partial charge in [0.1, 0.15) is 0 Å². The van der Waals surface area contributed by atoms with E-state index in [2.05, 4.69) is 4.98 Å². The number of aromatic nitrogens is 1. The van der Waals surface area contributed by atoms with Crippen molar-refractivity contribution in [1.82, 2.24) is 4.98 Å². The highest BCUT2D eigenvalue weighted by Crippen LogP contribution is 2.36. The molecule has 0 amide bonds. The Morgan fingerprint density at radius 1 is 1.22 bits per heavy atom. The average molecular weight is 303 g/mol. The molecule has 1 heterocycles. The second-order valence-corrected chi connectivity index (χ2v) is 4.68. The molecule has 6 heteroatoms. The molecule has 3 nitrogen and oxygen atoms in total. The van der Waals surface area contributed by atoms with E-state index >= 15 is 0 Å². The topological polar surface area (TPSA) is 50.2 Å². The molecule has 0 fully saturated rings. The van der Waals surface area contributed by atoms with Gasteiger partial charge >= 0.3 is 5.97 Å². The maximum Gasteiger partial charge on any atom is 0.337 e. The summed E-state index contributed by atoms with van der Waals surface area (Å²) in [5, 5.41) is 9.95. The summed E-state index contributed by atoms with van der Waals surface area (Å²) in [5.41, 5.74) is 0.671. The van der Waals surface area contributed by atoms with Crippen LogP contribution in [0.3, 0.4) is 0 Å². The zero-order chi connectivity index (χ0) is 13.3. The van der Waals surface area contributed by atoms with E-state index in [0.717, 1.165) is 0 Å². The molecule has 0 bridgehead atoms. The van der Waals surface area contributed by atoms with Gasteiger partial charge in [0.2, 0.25) is 0 Å². The highest BCUT2D eigenvalue weighted by atomic mass is 35.5. The van der Waals surface area contributed by atoms with Crippen molar-refractivity contribution in [3.05, 3.63) is 51.1 Å². The molecule has 1 N–H and O–H groups in total. The van der Waals surface area contributed by atoms with Crippen LogP contribution in [0, 0.1) is 0 Å². The molecule has 0 aliphatic rings. The first-order chi connectivity index (χ1) is 8.50. The second-order valence-electron chi connectivity index (χ2n) is 3.45. The summed E-state index contributed by atoms with van der Waals surface area (Å²) in [7, 11) is 0. The van der Waals surface area contributed by atoms with E-state index in [1.54, 1.807) is 0 Å². The van der Waals surface area contributed by atoms with Crippen LogP contribution in [-0.2, 0) is 0 Å². The molecule has 0 saturated heterocycles. The largest absolute Gasteiger partial charge is 0.478 e. The lowest BCUT2D eigenvalue weighted by Crippen LogP contribution is -2.01. The van der Waals surface area contributed by atoms with Crippen LogP contribution in [0.5, 0.6) is 0 Å².